The third kappa shape index (κ3) is 4.35. The maximum atomic E-state index is 5.52. The number of ether oxygens (including phenoxy) is 1. The summed E-state index contributed by atoms with van der Waals surface area (Å²) in [6, 6.07) is 27.9. The van der Waals surface area contributed by atoms with E-state index < -0.39 is 0 Å². The van der Waals surface area contributed by atoms with Crippen LogP contribution in [0.25, 0.3) is 6.08 Å². The number of rotatable bonds is 5. The molecule has 0 bridgehead atoms. The summed E-state index contributed by atoms with van der Waals surface area (Å²) in [6.45, 7) is 3.05. The van der Waals surface area contributed by atoms with Crippen molar-refractivity contribution in [2.45, 2.75) is 12.3 Å². The summed E-state index contributed by atoms with van der Waals surface area (Å²) < 4.78 is 5.52. The van der Waals surface area contributed by atoms with Crippen molar-refractivity contribution in [1.82, 2.24) is 4.90 Å². The molecule has 3 aromatic carbocycles. The standard InChI is InChI=1S/C26H27NO/c1-28-24-15-14-23-16-18-27(17-8-11-21-9-4-2-5-10-21)20-26(25(23)19-24)22-12-6-3-7-13-22/h2-15,19,26H,16-18,20H2,1H3. The van der Waals surface area contributed by atoms with Gasteiger partial charge in [0, 0.05) is 25.6 Å². The van der Waals surface area contributed by atoms with Crippen molar-refractivity contribution in [3.05, 3.63) is 107 Å². The van der Waals surface area contributed by atoms with Crippen molar-refractivity contribution in [3.8, 4) is 5.75 Å². The zero-order chi connectivity index (χ0) is 19.2. The van der Waals surface area contributed by atoms with Crippen molar-refractivity contribution in [3.63, 3.8) is 0 Å². The van der Waals surface area contributed by atoms with Gasteiger partial charge in [0.15, 0.2) is 0 Å². The Hall–Kier alpha value is -2.84. The topological polar surface area (TPSA) is 12.5 Å². The lowest BCUT2D eigenvalue weighted by molar-refractivity contribution is 0.306. The molecule has 0 amide bonds. The zero-order valence-corrected chi connectivity index (χ0v) is 16.4. The maximum absolute atomic E-state index is 5.52. The van der Waals surface area contributed by atoms with Crippen molar-refractivity contribution in [1.29, 1.82) is 0 Å². The number of benzene rings is 3. The summed E-state index contributed by atoms with van der Waals surface area (Å²) >= 11 is 0. The van der Waals surface area contributed by atoms with Gasteiger partial charge in [0.1, 0.15) is 5.75 Å². The fourth-order valence-electron chi connectivity index (χ4n) is 4.02. The number of methoxy groups -OCH3 is 1. The highest BCUT2D eigenvalue weighted by Crippen LogP contribution is 2.33. The first-order valence-corrected chi connectivity index (χ1v) is 9.99. The van der Waals surface area contributed by atoms with Crippen LogP contribution in [0.3, 0.4) is 0 Å². The van der Waals surface area contributed by atoms with Gasteiger partial charge in [0.2, 0.25) is 0 Å². The molecule has 1 aliphatic rings. The molecule has 0 N–H and O–H groups in total. The summed E-state index contributed by atoms with van der Waals surface area (Å²) in [5, 5.41) is 0. The molecule has 1 atom stereocenters. The van der Waals surface area contributed by atoms with Crippen LogP contribution in [-0.4, -0.2) is 31.6 Å². The molecular weight excluding hydrogens is 342 g/mol. The minimum absolute atomic E-state index is 0.360. The van der Waals surface area contributed by atoms with Gasteiger partial charge < -0.3 is 4.74 Å². The number of nitrogens with zero attached hydrogens (tertiary/aromatic N) is 1. The second-order valence-electron chi connectivity index (χ2n) is 7.35. The average Bonchev–Trinajstić information content (AvgIpc) is 2.94. The van der Waals surface area contributed by atoms with E-state index >= 15 is 0 Å². The highest BCUT2D eigenvalue weighted by molar-refractivity contribution is 5.49. The predicted molar refractivity (Wildman–Crippen MR) is 117 cm³/mol. The van der Waals surface area contributed by atoms with E-state index in [9.17, 15) is 0 Å². The molecule has 0 aliphatic carbocycles. The van der Waals surface area contributed by atoms with Crippen LogP contribution in [0, 0.1) is 0 Å². The normalized spacial score (nSPS) is 17.2. The van der Waals surface area contributed by atoms with Crippen LogP contribution in [0.5, 0.6) is 5.75 Å². The molecule has 28 heavy (non-hydrogen) atoms. The molecule has 1 aliphatic heterocycles. The molecule has 4 rings (SSSR count). The van der Waals surface area contributed by atoms with Crippen LogP contribution >= 0.6 is 0 Å². The van der Waals surface area contributed by atoms with E-state index in [-0.39, 0.29) is 0 Å². The van der Waals surface area contributed by atoms with Gasteiger partial charge in [-0.05, 0) is 40.8 Å². The fraction of sp³-hybridized carbons (Fsp3) is 0.231. The van der Waals surface area contributed by atoms with Gasteiger partial charge in [0.05, 0.1) is 7.11 Å². The molecule has 1 unspecified atom stereocenters. The highest BCUT2D eigenvalue weighted by atomic mass is 16.5. The van der Waals surface area contributed by atoms with Crippen molar-refractivity contribution < 1.29 is 4.74 Å². The summed E-state index contributed by atoms with van der Waals surface area (Å²) in [6.07, 6.45) is 5.58. The number of hydrogen-bond donors (Lipinski definition) is 0. The van der Waals surface area contributed by atoms with Gasteiger partial charge >= 0.3 is 0 Å². The molecule has 0 saturated carbocycles. The Morgan fingerprint density at radius 2 is 1.71 bits per heavy atom. The molecule has 0 radical (unpaired) electrons. The van der Waals surface area contributed by atoms with E-state index in [0.29, 0.717) is 5.92 Å². The van der Waals surface area contributed by atoms with Gasteiger partial charge in [-0.25, -0.2) is 0 Å². The molecule has 2 nitrogen and oxygen atoms in total. The lowest BCUT2D eigenvalue weighted by Gasteiger charge is -2.24. The summed E-state index contributed by atoms with van der Waals surface area (Å²) in [7, 11) is 1.75. The minimum atomic E-state index is 0.360. The molecule has 1 heterocycles. The van der Waals surface area contributed by atoms with Gasteiger partial charge in [-0.2, -0.15) is 0 Å². The molecule has 142 valence electrons. The lowest BCUT2D eigenvalue weighted by atomic mass is 9.88. The SMILES string of the molecule is COc1ccc2c(c1)C(c1ccccc1)CN(CC=Cc1ccccc1)CC2. The summed E-state index contributed by atoms with van der Waals surface area (Å²) in [5.74, 6) is 1.30. The van der Waals surface area contributed by atoms with Crippen LogP contribution in [0.2, 0.25) is 0 Å². The Bertz CT molecular complexity index is 918. The highest BCUT2D eigenvalue weighted by Gasteiger charge is 2.24. The van der Waals surface area contributed by atoms with Gasteiger partial charge in [-0.3, -0.25) is 4.90 Å². The Kier molecular flexibility index (Phi) is 5.89. The number of fused-ring (bicyclic) bond motifs is 1. The lowest BCUT2D eigenvalue weighted by Crippen LogP contribution is -2.29. The molecule has 0 spiro atoms. The minimum Gasteiger partial charge on any atom is -0.497 e. The van der Waals surface area contributed by atoms with E-state index in [0.717, 1.165) is 31.8 Å². The van der Waals surface area contributed by atoms with Crippen molar-refractivity contribution in [2.75, 3.05) is 26.7 Å². The van der Waals surface area contributed by atoms with Crippen LogP contribution in [0.4, 0.5) is 0 Å². The van der Waals surface area contributed by atoms with Crippen LogP contribution in [-0.2, 0) is 6.42 Å². The molecule has 0 aromatic heterocycles. The monoisotopic (exact) mass is 369 g/mol. The zero-order valence-electron chi connectivity index (χ0n) is 16.4. The maximum Gasteiger partial charge on any atom is 0.119 e. The summed E-state index contributed by atoms with van der Waals surface area (Å²) in [5.41, 5.74) is 5.46. The second kappa shape index (κ2) is 8.90. The Labute approximate surface area is 168 Å². The Balaban J connectivity index is 1.59. The molecule has 0 saturated heterocycles. The quantitative estimate of drug-likeness (QED) is 0.597. The molecule has 3 aromatic rings. The van der Waals surface area contributed by atoms with Gasteiger partial charge in [-0.1, -0.05) is 78.9 Å². The van der Waals surface area contributed by atoms with Gasteiger partial charge in [-0.15, -0.1) is 0 Å². The second-order valence-corrected chi connectivity index (χ2v) is 7.35. The fourth-order valence-corrected chi connectivity index (χ4v) is 4.02. The van der Waals surface area contributed by atoms with E-state index in [1.54, 1.807) is 7.11 Å². The van der Waals surface area contributed by atoms with Crippen LogP contribution in [0.15, 0.2) is 84.9 Å². The first-order valence-electron chi connectivity index (χ1n) is 9.99. The predicted octanol–water partition coefficient (Wildman–Crippen LogP) is 5.40. The van der Waals surface area contributed by atoms with E-state index in [2.05, 4.69) is 95.9 Å². The first kappa shape index (κ1) is 18.5. The molecule has 0 fully saturated rings. The van der Waals surface area contributed by atoms with Crippen molar-refractivity contribution in [2.24, 2.45) is 0 Å². The third-order valence-corrected chi connectivity index (χ3v) is 5.54. The van der Waals surface area contributed by atoms with E-state index in [1.807, 2.05) is 0 Å². The van der Waals surface area contributed by atoms with Crippen molar-refractivity contribution >= 4 is 6.08 Å². The third-order valence-electron chi connectivity index (χ3n) is 5.54. The molecule has 2 heteroatoms. The van der Waals surface area contributed by atoms with Crippen LogP contribution in [0.1, 0.15) is 28.2 Å². The van der Waals surface area contributed by atoms with E-state index in [4.69, 9.17) is 4.74 Å². The average molecular weight is 370 g/mol. The number of hydrogen-bond acceptors (Lipinski definition) is 2. The van der Waals surface area contributed by atoms with Gasteiger partial charge in [0.25, 0.3) is 0 Å². The first-order chi connectivity index (χ1) is 13.8. The Morgan fingerprint density at radius 3 is 2.46 bits per heavy atom. The van der Waals surface area contributed by atoms with E-state index in [1.165, 1.54) is 22.3 Å². The Morgan fingerprint density at radius 1 is 0.964 bits per heavy atom. The summed E-state index contributed by atoms with van der Waals surface area (Å²) in [4.78, 5) is 2.56. The smallest absolute Gasteiger partial charge is 0.119 e. The largest absolute Gasteiger partial charge is 0.497 e. The molecular formula is C26H27NO. The van der Waals surface area contributed by atoms with Crippen LogP contribution < -0.4 is 4.74 Å².